The van der Waals surface area contributed by atoms with Gasteiger partial charge in [0.2, 0.25) is 5.91 Å². The van der Waals surface area contributed by atoms with Crippen molar-refractivity contribution in [2.24, 2.45) is 0 Å². The van der Waals surface area contributed by atoms with E-state index in [2.05, 4.69) is 17.6 Å². The molecule has 0 radical (unpaired) electrons. The second kappa shape index (κ2) is 6.38. The van der Waals surface area contributed by atoms with Crippen molar-refractivity contribution in [3.05, 3.63) is 29.8 Å². The molecule has 1 heterocycles. The van der Waals surface area contributed by atoms with Gasteiger partial charge in [-0.05, 0) is 44.4 Å². The van der Waals surface area contributed by atoms with E-state index in [1.54, 1.807) is 6.92 Å². The van der Waals surface area contributed by atoms with E-state index in [-0.39, 0.29) is 17.4 Å². The van der Waals surface area contributed by atoms with Gasteiger partial charge in [-0.3, -0.25) is 10.1 Å². The molecule has 1 aromatic carbocycles. The predicted octanol–water partition coefficient (Wildman–Crippen LogP) is 1.74. The van der Waals surface area contributed by atoms with Gasteiger partial charge in [-0.15, -0.1) is 0 Å². The Morgan fingerprint density at radius 3 is 2.45 bits per heavy atom. The number of aryl methyl sites for hydroxylation is 1. The molecular weight excluding hydrogens is 300 g/mol. The molecule has 2 rings (SSSR count). The monoisotopic (exact) mass is 324 g/mol. The molecule has 5 nitrogen and oxygen atoms in total. The van der Waals surface area contributed by atoms with Crippen molar-refractivity contribution in [2.45, 2.75) is 45.2 Å². The zero-order chi connectivity index (χ0) is 16.4. The van der Waals surface area contributed by atoms with Gasteiger partial charge in [0.1, 0.15) is 0 Å². The minimum atomic E-state index is -2.99. The molecule has 0 aliphatic carbocycles. The van der Waals surface area contributed by atoms with Crippen molar-refractivity contribution < 1.29 is 13.2 Å². The van der Waals surface area contributed by atoms with Crippen LogP contribution in [0.25, 0.3) is 0 Å². The quantitative estimate of drug-likeness (QED) is 0.865. The molecule has 0 unspecified atom stereocenters. The molecule has 1 fully saturated rings. The smallest absolute Gasteiger partial charge is 0.241 e. The summed E-state index contributed by atoms with van der Waals surface area (Å²) in [7, 11) is -2.99. The van der Waals surface area contributed by atoms with Gasteiger partial charge < -0.3 is 5.32 Å². The molecule has 0 aromatic heterocycles. The lowest BCUT2D eigenvalue weighted by Gasteiger charge is -2.28. The van der Waals surface area contributed by atoms with Crippen LogP contribution >= 0.6 is 0 Å². The fourth-order valence-corrected chi connectivity index (χ4v) is 4.89. The zero-order valence-electron chi connectivity index (χ0n) is 13.3. The maximum absolute atomic E-state index is 12.2. The van der Waals surface area contributed by atoms with Gasteiger partial charge in [0, 0.05) is 11.2 Å². The molecule has 1 aliphatic rings. The standard InChI is InChI=1S/C16H24N2O3S/c1-4-13-5-7-14(8-6-13)17-15(19)12(2)18-16(3)9-10-22(20,21)11-16/h5-8,12,18H,4,9-11H2,1-3H3,(H,17,19)/t12-,16-/m0/s1. The molecule has 122 valence electrons. The van der Waals surface area contributed by atoms with Crippen LogP contribution in [0.15, 0.2) is 24.3 Å². The summed E-state index contributed by atoms with van der Waals surface area (Å²) in [5.41, 5.74) is 1.44. The molecule has 22 heavy (non-hydrogen) atoms. The highest BCUT2D eigenvalue weighted by molar-refractivity contribution is 7.91. The summed E-state index contributed by atoms with van der Waals surface area (Å²) in [4.78, 5) is 12.2. The topological polar surface area (TPSA) is 75.3 Å². The largest absolute Gasteiger partial charge is 0.325 e. The van der Waals surface area contributed by atoms with Crippen LogP contribution in [-0.4, -0.2) is 37.4 Å². The van der Waals surface area contributed by atoms with Gasteiger partial charge in [-0.1, -0.05) is 19.1 Å². The van der Waals surface area contributed by atoms with Gasteiger partial charge in [-0.25, -0.2) is 8.42 Å². The van der Waals surface area contributed by atoms with Gasteiger partial charge in [0.15, 0.2) is 9.84 Å². The molecule has 6 heteroatoms. The SMILES string of the molecule is CCc1ccc(NC(=O)[C@H](C)N[C@@]2(C)CCS(=O)(=O)C2)cc1. The van der Waals surface area contributed by atoms with Crippen LogP contribution in [0.1, 0.15) is 32.8 Å². The summed E-state index contributed by atoms with van der Waals surface area (Å²) < 4.78 is 23.2. The molecule has 1 aliphatic heterocycles. The van der Waals surface area contributed by atoms with Crippen molar-refractivity contribution in [1.82, 2.24) is 5.32 Å². The molecule has 2 N–H and O–H groups in total. The number of anilines is 1. The van der Waals surface area contributed by atoms with Crippen molar-refractivity contribution in [2.75, 3.05) is 16.8 Å². The highest BCUT2D eigenvalue weighted by Gasteiger charge is 2.39. The Bertz CT molecular complexity index is 640. The fraction of sp³-hybridized carbons (Fsp3) is 0.562. The molecular formula is C16H24N2O3S. The van der Waals surface area contributed by atoms with E-state index in [1.165, 1.54) is 5.56 Å². The van der Waals surface area contributed by atoms with Crippen LogP contribution in [0.4, 0.5) is 5.69 Å². The molecule has 1 saturated heterocycles. The Kier molecular flexibility index (Phi) is 4.92. The van der Waals surface area contributed by atoms with Crippen molar-refractivity contribution in [3.8, 4) is 0 Å². The number of carbonyl (C=O) groups is 1. The Hall–Kier alpha value is -1.40. The molecule has 0 bridgehead atoms. The molecule has 0 saturated carbocycles. The number of hydrogen-bond donors (Lipinski definition) is 2. The second-order valence-electron chi connectivity index (χ2n) is 6.31. The first-order valence-corrected chi connectivity index (χ1v) is 9.43. The Balaban J connectivity index is 1.94. The van der Waals surface area contributed by atoms with Gasteiger partial charge >= 0.3 is 0 Å². The van der Waals surface area contributed by atoms with Crippen LogP contribution in [0.2, 0.25) is 0 Å². The zero-order valence-corrected chi connectivity index (χ0v) is 14.2. The van der Waals surface area contributed by atoms with E-state index in [4.69, 9.17) is 0 Å². The predicted molar refractivity (Wildman–Crippen MR) is 88.7 cm³/mol. The third-order valence-corrected chi connectivity index (χ3v) is 5.99. The van der Waals surface area contributed by atoms with Crippen LogP contribution in [0.3, 0.4) is 0 Å². The number of benzene rings is 1. The second-order valence-corrected chi connectivity index (χ2v) is 8.49. The highest BCUT2D eigenvalue weighted by Crippen LogP contribution is 2.23. The van der Waals surface area contributed by atoms with E-state index in [1.807, 2.05) is 31.2 Å². The van der Waals surface area contributed by atoms with Gasteiger partial charge in [0.05, 0.1) is 17.5 Å². The lowest BCUT2D eigenvalue weighted by atomic mass is 10.0. The maximum Gasteiger partial charge on any atom is 0.241 e. The van der Waals surface area contributed by atoms with Crippen LogP contribution < -0.4 is 10.6 Å². The van der Waals surface area contributed by atoms with Crippen LogP contribution in [-0.2, 0) is 21.1 Å². The van der Waals surface area contributed by atoms with Crippen molar-refractivity contribution in [3.63, 3.8) is 0 Å². The van der Waals surface area contributed by atoms with Crippen molar-refractivity contribution in [1.29, 1.82) is 0 Å². The van der Waals surface area contributed by atoms with Gasteiger partial charge in [0.25, 0.3) is 0 Å². The Morgan fingerprint density at radius 1 is 1.32 bits per heavy atom. The van der Waals surface area contributed by atoms with Gasteiger partial charge in [-0.2, -0.15) is 0 Å². The van der Waals surface area contributed by atoms with E-state index in [0.717, 1.165) is 12.1 Å². The summed E-state index contributed by atoms with van der Waals surface area (Å²) in [6, 6.07) is 7.28. The Morgan fingerprint density at radius 2 is 1.95 bits per heavy atom. The summed E-state index contributed by atoms with van der Waals surface area (Å²) in [5, 5.41) is 6.02. The maximum atomic E-state index is 12.2. The number of sulfone groups is 1. The van der Waals surface area contributed by atoms with Crippen LogP contribution in [0, 0.1) is 0 Å². The highest BCUT2D eigenvalue weighted by atomic mass is 32.2. The minimum absolute atomic E-state index is 0.0861. The number of amides is 1. The average Bonchev–Trinajstić information content (AvgIpc) is 2.73. The summed E-state index contributed by atoms with van der Waals surface area (Å²) in [5.74, 6) is 0.112. The Labute approximate surface area is 132 Å². The lowest BCUT2D eigenvalue weighted by Crippen LogP contribution is -2.52. The van der Waals surface area contributed by atoms with E-state index < -0.39 is 21.4 Å². The van der Waals surface area contributed by atoms with E-state index in [9.17, 15) is 13.2 Å². The van der Waals surface area contributed by atoms with Crippen LogP contribution in [0.5, 0.6) is 0 Å². The molecule has 2 atom stereocenters. The lowest BCUT2D eigenvalue weighted by molar-refractivity contribution is -0.118. The molecule has 1 aromatic rings. The number of carbonyl (C=O) groups excluding carboxylic acids is 1. The van der Waals surface area contributed by atoms with E-state index in [0.29, 0.717) is 6.42 Å². The first kappa shape index (κ1) is 17.0. The normalized spacial score (nSPS) is 24.9. The average molecular weight is 324 g/mol. The summed E-state index contributed by atoms with van der Waals surface area (Å²) in [6.07, 6.45) is 1.50. The minimum Gasteiger partial charge on any atom is -0.325 e. The third-order valence-electron chi connectivity index (χ3n) is 4.09. The number of rotatable bonds is 5. The number of nitrogens with one attached hydrogen (secondary N) is 2. The summed E-state index contributed by atoms with van der Waals surface area (Å²) >= 11 is 0. The fourth-order valence-electron chi connectivity index (χ4n) is 2.79. The van der Waals surface area contributed by atoms with Crippen molar-refractivity contribution >= 4 is 21.4 Å². The molecule has 1 amide bonds. The first-order chi connectivity index (χ1) is 10.2. The summed E-state index contributed by atoms with van der Waals surface area (Å²) in [6.45, 7) is 5.69. The third kappa shape index (κ3) is 4.30. The molecule has 0 spiro atoms. The van der Waals surface area contributed by atoms with E-state index >= 15 is 0 Å². The first-order valence-electron chi connectivity index (χ1n) is 7.61. The number of hydrogen-bond acceptors (Lipinski definition) is 4.